The van der Waals surface area contributed by atoms with Gasteiger partial charge in [0.25, 0.3) is 0 Å². The molecule has 0 spiro atoms. The molecule has 2 rings (SSSR count). The highest BCUT2D eigenvalue weighted by molar-refractivity contribution is 5.68. The largest absolute Gasteiger partial charge is 0.496 e. The Bertz CT molecular complexity index is 466. The summed E-state index contributed by atoms with van der Waals surface area (Å²) < 4.78 is 19.2. The Hall–Kier alpha value is -1.58. The van der Waals surface area contributed by atoms with Crippen molar-refractivity contribution in [1.82, 2.24) is 0 Å². The van der Waals surface area contributed by atoms with Crippen molar-refractivity contribution < 1.29 is 19.0 Å². The Balaban J connectivity index is 2.42. The maximum Gasteiger partial charge on any atom is 0.303 e. The fourth-order valence-electron chi connectivity index (χ4n) is 2.54. The maximum absolute atomic E-state index is 14.0. The minimum atomic E-state index is -0.881. The number of benzene rings is 1. The monoisotopic (exact) mass is 252 g/mol. The predicted molar refractivity (Wildman–Crippen MR) is 65.4 cm³/mol. The van der Waals surface area contributed by atoms with E-state index < -0.39 is 5.97 Å². The number of carbonyl (C=O) groups is 1. The van der Waals surface area contributed by atoms with E-state index in [1.807, 2.05) is 0 Å². The highest BCUT2D eigenvalue weighted by Crippen LogP contribution is 2.47. The molecule has 1 saturated carbocycles. The van der Waals surface area contributed by atoms with Gasteiger partial charge in [0.1, 0.15) is 11.6 Å². The van der Waals surface area contributed by atoms with E-state index >= 15 is 0 Å². The summed E-state index contributed by atoms with van der Waals surface area (Å²) >= 11 is 0. The van der Waals surface area contributed by atoms with Gasteiger partial charge in [-0.3, -0.25) is 4.79 Å². The third kappa shape index (κ3) is 2.47. The molecule has 1 aliphatic rings. The molecule has 1 N–H and O–H groups in total. The Kier molecular flexibility index (Phi) is 3.55. The molecular formula is C14H17FO3. The average Bonchev–Trinajstić information content (AvgIpc) is 3.11. The number of methoxy groups -OCH3 is 1. The van der Waals surface area contributed by atoms with Crippen molar-refractivity contribution in [3.63, 3.8) is 0 Å². The number of aliphatic carboxylic acids is 1. The summed E-state index contributed by atoms with van der Waals surface area (Å²) in [6, 6.07) is 2.94. The van der Waals surface area contributed by atoms with Gasteiger partial charge in [0.2, 0.25) is 0 Å². The number of ether oxygens (including phenoxy) is 1. The first kappa shape index (κ1) is 12.9. The van der Waals surface area contributed by atoms with Gasteiger partial charge in [0.15, 0.2) is 0 Å². The second-order valence-electron chi connectivity index (χ2n) is 4.83. The van der Waals surface area contributed by atoms with E-state index in [4.69, 9.17) is 9.84 Å². The SMILES string of the molecule is COc1ccc(F)c(C(CC(=O)O)C2CC2)c1C. The first-order chi connectivity index (χ1) is 8.54. The van der Waals surface area contributed by atoms with Crippen LogP contribution in [0, 0.1) is 18.7 Å². The van der Waals surface area contributed by atoms with Crippen LogP contribution in [0.4, 0.5) is 4.39 Å². The molecule has 0 bridgehead atoms. The van der Waals surface area contributed by atoms with Crippen LogP contribution in [0.15, 0.2) is 12.1 Å². The Morgan fingerprint density at radius 2 is 2.22 bits per heavy atom. The number of hydrogen-bond acceptors (Lipinski definition) is 2. The van der Waals surface area contributed by atoms with Crippen molar-refractivity contribution in [2.45, 2.75) is 32.1 Å². The van der Waals surface area contributed by atoms with E-state index in [0.29, 0.717) is 17.2 Å². The normalized spacial score (nSPS) is 16.4. The van der Waals surface area contributed by atoms with E-state index in [-0.39, 0.29) is 18.2 Å². The van der Waals surface area contributed by atoms with Crippen molar-refractivity contribution in [2.75, 3.05) is 7.11 Å². The van der Waals surface area contributed by atoms with Gasteiger partial charge in [-0.15, -0.1) is 0 Å². The van der Waals surface area contributed by atoms with Crippen LogP contribution >= 0.6 is 0 Å². The van der Waals surface area contributed by atoms with Crippen LogP contribution < -0.4 is 4.74 Å². The molecule has 3 nitrogen and oxygen atoms in total. The van der Waals surface area contributed by atoms with Crippen LogP contribution in [0.5, 0.6) is 5.75 Å². The Labute approximate surface area is 106 Å². The van der Waals surface area contributed by atoms with Crippen LogP contribution in [0.3, 0.4) is 0 Å². The van der Waals surface area contributed by atoms with Crippen molar-refractivity contribution >= 4 is 5.97 Å². The van der Waals surface area contributed by atoms with Gasteiger partial charge in [-0.25, -0.2) is 4.39 Å². The summed E-state index contributed by atoms with van der Waals surface area (Å²) in [6.07, 6.45) is 1.94. The summed E-state index contributed by atoms with van der Waals surface area (Å²) in [4.78, 5) is 10.9. The molecule has 0 heterocycles. The number of carboxylic acid groups (broad SMARTS) is 1. The van der Waals surface area contributed by atoms with Crippen LogP contribution in [-0.2, 0) is 4.79 Å². The zero-order valence-corrected chi connectivity index (χ0v) is 10.6. The van der Waals surface area contributed by atoms with Gasteiger partial charge in [-0.2, -0.15) is 0 Å². The molecule has 1 fully saturated rings. The van der Waals surface area contributed by atoms with Crippen molar-refractivity contribution in [1.29, 1.82) is 0 Å². The van der Waals surface area contributed by atoms with E-state index in [1.54, 1.807) is 13.0 Å². The molecule has 0 aliphatic heterocycles. The lowest BCUT2D eigenvalue weighted by Gasteiger charge is -2.19. The van der Waals surface area contributed by atoms with E-state index in [2.05, 4.69) is 0 Å². The first-order valence-corrected chi connectivity index (χ1v) is 6.09. The number of rotatable bonds is 5. The second-order valence-corrected chi connectivity index (χ2v) is 4.83. The predicted octanol–water partition coefficient (Wildman–Crippen LogP) is 3.11. The van der Waals surface area contributed by atoms with Crippen LogP contribution in [0.25, 0.3) is 0 Å². The van der Waals surface area contributed by atoms with Crippen molar-refractivity contribution in [2.24, 2.45) is 5.92 Å². The number of halogens is 1. The molecule has 1 unspecified atom stereocenters. The van der Waals surface area contributed by atoms with Gasteiger partial charge in [-0.1, -0.05) is 0 Å². The topological polar surface area (TPSA) is 46.5 Å². The molecule has 98 valence electrons. The van der Waals surface area contributed by atoms with Gasteiger partial charge in [0, 0.05) is 5.92 Å². The molecule has 0 saturated heterocycles. The lowest BCUT2D eigenvalue weighted by Crippen LogP contribution is -2.12. The van der Waals surface area contributed by atoms with E-state index in [9.17, 15) is 9.18 Å². The molecule has 18 heavy (non-hydrogen) atoms. The van der Waals surface area contributed by atoms with Gasteiger partial charge in [-0.05, 0) is 48.9 Å². The molecule has 1 aromatic rings. The standard InChI is InChI=1S/C14H17FO3/c1-8-12(18-2)6-5-11(15)14(8)10(7-13(16)17)9-3-4-9/h5-6,9-10H,3-4,7H2,1-2H3,(H,16,17). The number of carboxylic acids is 1. The Morgan fingerprint density at radius 3 is 2.72 bits per heavy atom. The second kappa shape index (κ2) is 4.96. The minimum Gasteiger partial charge on any atom is -0.496 e. The number of hydrogen-bond donors (Lipinski definition) is 1. The molecule has 1 aromatic carbocycles. The molecule has 1 atom stereocenters. The van der Waals surface area contributed by atoms with Crippen molar-refractivity contribution in [3.05, 3.63) is 29.1 Å². The first-order valence-electron chi connectivity index (χ1n) is 6.09. The van der Waals surface area contributed by atoms with Crippen LogP contribution in [0.1, 0.15) is 36.3 Å². The molecule has 4 heteroatoms. The smallest absolute Gasteiger partial charge is 0.303 e. The maximum atomic E-state index is 14.0. The lowest BCUT2D eigenvalue weighted by molar-refractivity contribution is -0.137. The summed E-state index contributed by atoms with van der Waals surface area (Å²) in [5.41, 5.74) is 1.23. The fraction of sp³-hybridized carbons (Fsp3) is 0.500. The fourth-order valence-corrected chi connectivity index (χ4v) is 2.54. The Morgan fingerprint density at radius 1 is 1.56 bits per heavy atom. The van der Waals surface area contributed by atoms with E-state index in [0.717, 1.165) is 18.4 Å². The summed E-state index contributed by atoms with van der Waals surface area (Å²) in [5.74, 6) is -0.540. The molecule has 0 amide bonds. The van der Waals surface area contributed by atoms with Gasteiger partial charge in [0.05, 0.1) is 13.5 Å². The van der Waals surface area contributed by atoms with Crippen molar-refractivity contribution in [3.8, 4) is 5.75 Å². The summed E-state index contributed by atoms with van der Waals surface area (Å²) in [7, 11) is 1.54. The zero-order chi connectivity index (χ0) is 13.3. The molecule has 0 aromatic heterocycles. The van der Waals surface area contributed by atoms with E-state index in [1.165, 1.54) is 13.2 Å². The van der Waals surface area contributed by atoms with Gasteiger partial charge < -0.3 is 9.84 Å². The molecule has 0 radical (unpaired) electrons. The summed E-state index contributed by atoms with van der Waals surface area (Å²) in [5, 5.41) is 8.98. The quantitative estimate of drug-likeness (QED) is 0.875. The minimum absolute atomic E-state index is 0.0183. The third-order valence-corrected chi connectivity index (χ3v) is 3.59. The van der Waals surface area contributed by atoms with Crippen LogP contribution in [-0.4, -0.2) is 18.2 Å². The third-order valence-electron chi connectivity index (χ3n) is 3.59. The molecule has 1 aliphatic carbocycles. The molecular weight excluding hydrogens is 235 g/mol. The zero-order valence-electron chi connectivity index (χ0n) is 10.6. The average molecular weight is 252 g/mol. The lowest BCUT2D eigenvalue weighted by atomic mass is 9.87. The summed E-state index contributed by atoms with van der Waals surface area (Å²) in [6.45, 7) is 1.79. The highest BCUT2D eigenvalue weighted by Gasteiger charge is 2.36. The van der Waals surface area contributed by atoms with Crippen LogP contribution in [0.2, 0.25) is 0 Å². The highest BCUT2D eigenvalue weighted by atomic mass is 19.1. The van der Waals surface area contributed by atoms with Gasteiger partial charge >= 0.3 is 5.97 Å².